The number of anilines is 1. The van der Waals surface area contributed by atoms with Gasteiger partial charge in [-0.15, -0.1) is 5.10 Å². The van der Waals surface area contributed by atoms with E-state index in [1.54, 1.807) is 0 Å². The molecule has 2 aromatic carbocycles. The van der Waals surface area contributed by atoms with Crippen molar-refractivity contribution in [2.24, 2.45) is 0 Å². The largest absolute Gasteiger partial charge is 0.321 e. The van der Waals surface area contributed by atoms with Crippen molar-refractivity contribution in [3.8, 4) is 0 Å². The molecule has 30 heavy (non-hydrogen) atoms. The molecule has 1 amide bonds. The molecule has 7 heteroatoms. The maximum atomic E-state index is 12.2. The van der Waals surface area contributed by atoms with E-state index in [1.165, 1.54) is 5.56 Å². The van der Waals surface area contributed by atoms with Gasteiger partial charge in [0.2, 0.25) is 0 Å². The molecule has 2 aliphatic rings. The molecular weight excluding hydrogens is 376 g/mol. The van der Waals surface area contributed by atoms with E-state index >= 15 is 0 Å². The Balaban J connectivity index is 1.21. The number of benzene rings is 2. The number of amides is 1. The molecular formula is C23H26N6O. The number of fused-ring (bicyclic) bond motifs is 2. The highest BCUT2D eigenvalue weighted by Gasteiger charge is 2.25. The number of aromatic nitrogens is 3. The van der Waals surface area contributed by atoms with Crippen LogP contribution >= 0.6 is 0 Å². The van der Waals surface area contributed by atoms with Crippen LogP contribution in [0.25, 0.3) is 16.6 Å². The molecule has 2 aliphatic heterocycles. The number of allylic oxidation sites excluding steroid dienone is 1. The second kappa shape index (κ2) is 7.57. The summed E-state index contributed by atoms with van der Waals surface area (Å²) in [6, 6.07) is 14.4. The minimum Gasteiger partial charge on any atom is -0.321 e. The zero-order valence-corrected chi connectivity index (χ0v) is 17.4. The molecule has 5 rings (SSSR count). The van der Waals surface area contributed by atoms with Crippen molar-refractivity contribution < 1.29 is 4.79 Å². The molecule has 1 aromatic heterocycles. The molecule has 1 fully saturated rings. The first kappa shape index (κ1) is 18.8. The van der Waals surface area contributed by atoms with E-state index in [2.05, 4.69) is 43.7 Å². The van der Waals surface area contributed by atoms with Gasteiger partial charge in [-0.1, -0.05) is 23.8 Å². The zero-order chi connectivity index (χ0) is 20.7. The molecule has 0 aliphatic carbocycles. The number of nitrogens with one attached hydrogen (secondary N) is 1. The van der Waals surface area contributed by atoms with Crippen LogP contribution in [0.2, 0.25) is 0 Å². The second-order valence-electron chi connectivity index (χ2n) is 8.22. The van der Waals surface area contributed by atoms with Crippen molar-refractivity contribution in [3.05, 3.63) is 59.2 Å². The normalized spacial score (nSPS) is 16.8. The van der Waals surface area contributed by atoms with Gasteiger partial charge >= 0.3 is 0 Å². The Kier molecular flexibility index (Phi) is 4.75. The molecule has 7 nitrogen and oxygen atoms in total. The van der Waals surface area contributed by atoms with E-state index in [0.29, 0.717) is 0 Å². The summed E-state index contributed by atoms with van der Waals surface area (Å²) < 4.78 is 0. The van der Waals surface area contributed by atoms with Crippen LogP contribution in [0.3, 0.4) is 0 Å². The lowest BCUT2D eigenvalue weighted by Crippen LogP contribution is -2.51. The summed E-state index contributed by atoms with van der Waals surface area (Å²) in [6.07, 6.45) is 0.976. The van der Waals surface area contributed by atoms with Gasteiger partial charge in [0.15, 0.2) is 0 Å². The third kappa shape index (κ3) is 3.35. The van der Waals surface area contributed by atoms with Crippen LogP contribution in [0.5, 0.6) is 0 Å². The van der Waals surface area contributed by atoms with Gasteiger partial charge in [0.1, 0.15) is 11.0 Å². The van der Waals surface area contributed by atoms with Gasteiger partial charge in [-0.05, 0) is 55.3 Å². The minimum atomic E-state index is 0.0129. The molecule has 3 heterocycles. The van der Waals surface area contributed by atoms with E-state index < -0.39 is 0 Å². The summed E-state index contributed by atoms with van der Waals surface area (Å²) in [7, 11) is 0. The predicted molar refractivity (Wildman–Crippen MR) is 119 cm³/mol. The Bertz CT molecular complexity index is 1140. The fourth-order valence-electron chi connectivity index (χ4n) is 4.37. The predicted octanol–water partition coefficient (Wildman–Crippen LogP) is 2.67. The van der Waals surface area contributed by atoms with E-state index in [-0.39, 0.29) is 5.91 Å². The average Bonchev–Trinajstić information content (AvgIpc) is 3.32. The summed E-state index contributed by atoms with van der Waals surface area (Å²) >= 11 is 0. The van der Waals surface area contributed by atoms with Gasteiger partial charge in [-0.2, -0.15) is 4.79 Å². The highest BCUT2D eigenvalue weighted by atomic mass is 16.2. The van der Waals surface area contributed by atoms with Gasteiger partial charge < -0.3 is 5.32 Å². The Labute approximate surface area is 175 Å². The number of para-hydroxylation sites is 1. The van der Waals surface area contributed by atoms with Crippen molar-refractivity contribution in [2.45, 2.75) is 20.3 Å². The van der Waals surface area contributed by atoms with Crippen LogP contribution in [0.4, 0.5) is 5.69 Å². The standard InChI is InChI=1S/C23H26N6O/c1-16(2)22-18-15-17(7-8-19(18)24-23(22)30)9-10-27-11-13-28(14-12-27)29-21-6-4-3-5-20(21)25-26-29/h3-8,15H,9-14H2,1-2H3,(H,24,30). The Hall–Kier alpha value is -3.19. The van der Waals surface area contributed by atoms with Crippen LogP contribution in [0.15, 0.2) is 48.0 Å². The molecule has 1 saturated heterocycles. The minimum absolute atomic E-state index is 0.0129. The van der Waals surface area contributed by atoms with Crippen LogP contribution in [0, 0.1) is 0 Å². The first-order chi connectivity index (χ1) is 14.6. The summed E-state index contributed by atoms with van der Waals surface area (Å²) in [5, 5.41) is 13.8. The molecule has 0 saturated carbocycles. The summed E-state index contributed by atoms with van der Waals surface area (Å²) in [5.41, 5.74) is 7.10. The second-order valence-corrected chi connectivity index (χ2v) is 8.22. The van der Waals surface area contributed by atoms with Crippen molar-refractivity contribution in [3.63, 3.8) is 0 Å². The Morgan fingerprint density at radius 2 is 1.87 bits per heavy atom. The molecule has 0 spiro atoms. The molecule has 0 unspecified atom stereocenters. The number of carbonyl (C=O) groups excluding carboxylic acids is 1. The Morgan fingerprint density at radius 1 is 1.07 bits per heavy atom. The fraction of sp³-hybridized carbons (Fsp3) is 0.348. The van der Waals surface area contributed by atoms with Gasteiger partial charge in [0.05, 0.1) is 0 Å². The first-order valence-corrected chi connectivity index (χ1v) is 10.5. The van der Waals surface area contributed by atoms with Crippen molar-refractivity contribution >= 4 is 28.2 Å². The number of rotatable bonds is 4. The van der Waals surface area contributed by atoms with Crippen molar-refractivity contribution in [2.75, 3.05) is 43.0 Å². The number of nitrogens with zero attached hydrogens (tertiary/aromatic N) is 5. The Morgan fingerprint density at radius 3 is 2.67 bits per heavy atom. The molecule has 0 atom stereocenters. The quantitative estimate of drug-likeness (QED) is 0.680. The first-order valence-electron chi connectivity index (χ1n) is 10.5. The topological polar surface area (TPSA) is 66.3 Å². The van der Waals surface area contributed by atoms with E-state index in [1.807, 2.05) is 42.9 Å². The van der Waals surface area contributed by atoms with Gasteiger partial charge in [0, 0.05) is 49.5 Å². The summed E-state index contributed by atoms with van der Waals surface area (Å²) in [6.45, 7) is 8.85. The highest BCUT2D eigenvalue weighted by molar-refractivity contribution is 6.32. The fourth-order valence-corrected chi connectivity index (χ4v) is 4.37. The smallest absolute Gasteiger partial charge is 0.256 e. The molecule has 1 N–H and O–H groups in total. The van der Waals surface area contributed by atoms with E-state index in [0.717, 1.165) is 72.6 Å². The summed E-state index contributed by atoms with van der Waals surface area (Å²) in [5.74, 6) is 0.0129. The van der Waals surface area contributed by atoms with Crippen LogP contribution in [0.1, 0.15) is 25.0 Å². The number of hydrogen-bond donors (Lipinski definition) is 1. The lowest BCUT2D eigenvalue weighted by atomic mass is 9.99. The molecule has 154 valence electrons. The lowest BCUT2D eigenvalue weighted by Gasteiger charge is -2.35. The molecule has 0 radical (unpaired) electrons. The van der Waals surface area contributed by atoms with E-state index in [4.69, 9.17) is 0 Å². The van der Waals surface area contributed by atoms with Crippen molar-refractivity contribution in [1.82, 2.24) is 20.0 Å². The van der Waals surface area contributed by atoms with Crippen LogP contribution in [-0.2, 0) is 11.2 Å². The number of carbonyl (C=O) groups is 1. The molecule has 3 aromatic rings. The lowest BCUT2D eigenvalue weighted by molar-refractivity contribution is -0.110. The van der Waals surface area contributed by atoms with Crippen molar-refractivity contribution in [1.29, 1.82) is 0 Å². The highest BCUT2D eigenvalue weighted by Crippen LogP contribution is 2.34. The number of piperazine rings is 1. The monoisotopic (exact) mass is 402 g/mol. The average molecular weight is 403 g/mol. The number of hydrogen-bond acceptors (Lipinski definition) is 5. The van der Waals surface area contributed by atoms with Gasteiger partial charge in [-0.25, -0.2) is 0 Å². The molecule has 0 bridgehead atoms. The van der Waals surface area contributed by atoms with Crippen LogP contribution in [-0.4, -0.2) is 58.6 Å². The van der Waals surface area contributed by atoms with Crippen LogP contribution < -0.4 is 10.3 Å². The van der Waals surface area contributed by atoms with E-state index in [9.17, 15) is 4.79 Å². The SMILES string of the molecule is CC(C)=C1C(=O)Nc2ccc(CCN3CCN(n4nnc5ccccc54)CC3)cc21. The maximum absolute atomic E-state index is 12.2. The van der Waals surface area contributed by atoms with Gasteiger partial charge in [0.25, 0.3) is 5.91 Å². The third-order valence-corrected chi connectivity index (χ3v) is 6.00. The maximum Gasteiger partial charge on any atom is 0.256 e. The zero-order valence-electron chi connectivity index (χ0n) is 17.4. The summed E-state index contributed by atoms with van der Waals surface area (Å²) in [4.78, 5) is 16.6. The third-order valence-electron chi connectivity index (χ3n) is 6.00. The van der Waals surface area contributed by atoms with Gasteiger partial charge in [-0.3, -0.25) is 14.7 Å².